The highest BCUT2D eigenvalue weighted by molar-refractivity contribution is 5.93. The van der Waals surface area contributed by atoms with Crippen LogP contribution in [0, 0.1) is 5.92 Å². The van der Waals surface area contributed by atoms with Crippen LogP contribution < -0.4 is 5.32 Å². The molecule has 1 aromatic carbocycles. The molecule has 1 aliphatic carbocycles. The average Bonchev–Trinajstić information content (AvgIpc) is 2.80. The fourth-order valence-corrected chi connectivity index (χ4v) is 2.08. The summed E-state index contributed by atoms with van der Waals surface area (Å²) in [5.74, 6) is 1.16. The first kappa shape index (κ1) is 11.0. The summed E-state index contributed by atoms with van der Waals surface area (Å²) in [7, 11) is 0. The fourth-order valence-electron chi connectivity index (χ4n) is 2.08. The average molecular weight is 241 g/mol. The number of carbonyl (C=O) groups is 1. The second-order valence-corrected chi connectivity index (χ2v) is 4.64. The number of carbonyl (C=O) groups excluding carboxylic acids is 1. The molecule has 4 nitrogen and oxygen atoms in total. The highest BCUT2D eigenvalue weighted by atomic mass is 16.1. The summed E-state index contributed by atoms with van der Waals surface area (Å²) in [5.41, 5.74) is 1.81. The second kappa shape index (κ2) is 4.64. The van der Waals surface area contributed by atoms with Crippen LogP contribution in [0.4, 0.5) is 5.69 Å². The molecule has 1 saturated carbocycles. The van der Waals surface area contributed by atoms with E-state index in [2.05, 4.69) is 15.3 Å². The Balaban J connectivity index is 1.76. The number of hydrogen-bond donors (Lipinski definition) is 2. The predicted octanol–water partition coefficient (Wildman–Crippen LogP) is 2.82. The van der Waals surface area contributed by atoms with Gasteiger partial charge in [-0.2, -0.15) is 0 Å². The molecule has 1 aliphatic rings. The van der Waals surface area contributed by atoms with E-state index in [1.807, 2.05) is 24.3 Å². The highest BCUT2D eigenvalue weighted by Crippen LogP contribution is 2.28. The van der Waals surface area contributed by atoms with Gasteiger partial charge in [0, 0.05) is 29.6 Å². The van der Waals surface area contributed by atoms with Gasteiger partial charge in [-0.05, 0) is 25.0 Å². The Morgan fingerprint density at radius 2 is 2.28 bits per heavy atom. The van der Waals surface area contributed by atoms with E-state index in [0.29, 0.717) is 0 Å². The molecular formula is C14H15N3O. The molecule has 0 bridgehead atoms. The van der Waals surface area contributed by atoms with Crippen LogP contribution in [0.2, 0.25) is 0 Å². The number of hydrogen-bond acceptors (Lipinski definition) is 2. The number of anilines is 1. The number of amides is 1. The molecule has 1 fully saturated rings. The molecule has 2 aromatic rings. The Labute approximate surface area is 105 Å². The van der Waals surface area contributed by atoms with Crippen molar-refractivity contribution in [3.63, 3.8) is 0 Å². The molecular weight excluding hydrogens is 226 g/mol. The van der Waals surface area contributed by atoms with Crippen LogP contribution in [0.3, 0.4) is 0 Å². The molecule has 0 radical (unpaired) electrons. The molecule has 1 aromatic heterocycles. The third kappa shape index (κ3) is 2.14. The van der Waals surface area contributed by atoms with E-state index in [9.17, 15) is 4.79 Å². The van der Waals surface area contributed by atoms with Gasteiger partial charge in [0.1, 0.15) is 5.82 Å². The van der Waals surface area contributed by atoms with Crippen LogP contribution in [-0.4, -0.2) is 15.9 Å². The maximum atomic E-state index is 11.9. The smallest absolute Gasteiger partial charge is 0.227 e. The number of nitrogens with zero attached hydrogens (tertiary/aromatic N) is 1. The van der Waals surface area contributed by atoms with E-state index in [0.717, 1.165) is 29.9 Å². The van der Waals surface area contributed by atoms with Crippen molar-refractivity contribution in [2.24, 2.45) is 5.92 Å². The lowest BCUT2D eigenvalue weighted by molar-refractivity contribution is -0.122. The van der Waals surface area contributed by atoms with Gasteiger partial charge in [0.2, 0.25) is 5.91 Å². The van der Waals surface area contributed by atoms with Crippen LogP contribution in [0.5, 0.6) is 0 Å². The number of aromatic amines is 1. The quantitative estimate of drug-likeness (QED) is 0.868. The van der Waals surface area contributed by atoms with Crippen molar-refractivity contribution in [3.05, 3.63) is 36.7 Å². The summed E-state index contributed by atoms with van der Waals surface area (Å²) in [6, 6.07) is 7.74. The maximum absolute atomic E-state index is 11.9. The first-order valence-electron chi connectivity index (χ1n) is 6.23. The normalized spacial score (nSPS) is 15.1. The Morgan fingerprint density at radius 1 is 1.39 bits per heavy atom. The molecule has 0 saturated heterocycles. The molecule has 1 amide bonds. The van der Waals surface area contributed by atoms with E-state index in [-0.39, 0.29) is 11.8 Å². The topological polar surface area (TPSA) is 57.8 Å². The van der Waals surface area contributed by atoms with Gasteiger partial charge in [-0.3, -0.25) is 4.79 Å². The van der Waals surface area contributed by atoms with E-state index < -0.39 is 0 Å². The van der Waals surface area contributed by atoms with Gasteiger partial charge in [0.15, 0.2) is 0 Å². The van der Waals surface area contributed by atoms with Gasteiger partial charge in [-0.15, -0.1) is 0 Å². The number of H-pyrrole nitrogens is 1. The number of aromatic nitrogens is 2. The van der Waals surface area contributed by atoms with Crippen LogP contribution >= 0.6 is 0 Å². The Morgan fingerprint density at radius 3 is 2.94 bits per heavy atom. The van der Waals surface area contributed by atoms with Crippen molar-refractivity contribution >= 4 is 11.6 Å². The predicted molar refractivity (Wildman–Crippen MR) is 70.0 cm³/mol. The van der Waals surface area contributed by atoms with Crippen LogP contribution in [-0.2, 0) is 4.79 Å². The summed E-state index contributed by atoms with van der Waals surface area (Å²) >= 11 is 0. The Hall–Kier alpha value is -2.10. The summed E-state index contributed by atoms with van der Waals surface area (Å²) in [5, 5.41) is 2.97. The van der Waals surface area contributed by atoms with Crippen LogP contribution in [0.1, 0.15) is 19.3 Å². The first-order chi connectivity index (χ1) is 8.83. The van der Waals surface area contributed by atoms with Gasteiger partial charge in [0.05, 0.1) is 0 Å². The summed E-state index contributed by atoms with van der Waals surface area (Å²) in [6.07, 6.45) is 6.71. The summed E-state index contributed by atoms with van der Waals surface area (Å²) < 4.78 is 0. The minimum Gasteiger partial charge on any atom is -0.345 e. The molecule has 0 atom stereocenters. The number of benzene rings is 1. The summed E-state index contributed by atoms with van der Waals surface area (Å²) in [6.45, 7) is 0. The van der Waals surface area contributed by atoms with Crippen LogP contribution in [0.25, 0.3) is 11.4 Å². The van der Waals surface area contributed by atoms with Gasteiger partial charge < -0.3 is 10.3 Å². The van der Waals surface area contributed by atoms with Crippen molar-refractivity contribution in [1.82, 2.24) is 9.97 Å². The molecule has 18 heavy (non-hydrogen) atoms. The lowest BCUT2D eigenvalue weighted by Crippen LogP contribution is -2.27. The molecule has 3 rings (SSSR count). The largest absolute Gasteiger partial charge is 0.345 e. The molecule has 4 heteroatoms. The third-order valence-electron chi connectivity index (χ3n) is 3.38. The van der Waals surface area contributed by atoms with Crippen LogP contribution in [0.15, 0.2) is 36.7 Å². The molecule has 0 unspecified atom stereocenters. The van der Waals surface area contributed by atoms with Crippen molar-refractivity contribution in [1.29, 1.82) is 0 Å². The molecule has 0 aliphatic heterocycles. The van der Waals surface area contributed by atoms with Crippen molar-refractivity contribution < 1.29 is 4.79 Å². The standard InChI is InChI=1S/C14H15N3O/c18-14(10-3-1-4-10)17-12-6-2-5-11(9-12)13-15-7-8-16-13/h2,5-10H,1,3-4H2,(H,15,16)(H,17,18). The van der Waals surface area contributed by atoms with Crippen molar-refractivity contribution in [3.8, 4) is 11.4 Å². The molecule has 0 spiro atoms. The van der Waals surface area contributed by atoms with E-state index in [1.165, 1.54) is 6.42 Å². The monoisotopic (exact) mass is 241 g/mol. The number of nitrogens with one attached hydrogen (secondary N) is 2. The SMILES string of the molecule is O=C(Nc1cccc(-c2ncc[nH]2)c1)C1CCC1. The lowest BCUT2D eigenvalue weighted by Gasteiger charge is -2.24. The Kier molecular flexibility index (Phi) is 2.84. The summed E-state index contributed by atoms with van der Waals surface area (Å²) in [4.78, 5) is 19.1. The molecule has 1 heterocycles. The zero-order valence-electron chi connectivity index (χ0n) is 10.0. The van der Waals surface area contributed by atoms with Crippen molar-refractivity contribution in [2.75, 3.05) is 5.32 Å². The van der Waals surface area contributed by atoms with E-state index in [1.54, 1.807) is 12.4 Å². The second-order valence-electron chi connectivity index (χ2n) is 4.64. The van der Waals surface area contributed by atoms with Gasteiger partial charge in [-0.25, -0.2) is 4.98 Å². The zero-order chi connectivity index (χ0) is 12.4. The van der Waals surface area contributed by atoms with Gasteiger partial charge in [0.25, 0.3) is 0 Å². The first-order valence-corrected chi connectivity index (χ1v) is 6.23. The number of rotatable bonds is 3. The van der Waals surface area contributed by atoms with Crippen molar-refractivity contribution in [2.45, 2.75) is 19.3 Å². The Bertz CT molecular complexity index is 544. The van der Waals surface area contributed by atoms with Gasteiger partial charge in [-0.1, -0.05) is 18.6 Å². The maximum Gasteiger partial charge on any atom is 0.227 e. The highest BCUT2D eigenvalue weighted by Gasteiger charge is 2.25. The third-order valence-corrected chi connectivity index (χ3v) is 3.38. The molecule has 92 valence electrons. The zero-order valence-corrected chi connectivity index (χ0v) is 10.0. The van der Waals surface area contributed by atoms with Gasteiger partial charge >= 0.3 is 0 Å². The number of imidazole rings is 1. The van der Waals surface area contributed by atoms with E-state index >= 15 is 0 Å². The fraction of sp³-hybridized carbons (Fsp3) is 0.286. The van der Waals surface area contributed by atoms with E-state index in [4.69, 9.17) is 0 Å². The minimum atomic E-state index is 0.137. The minimum absolute atomic E-state index is 0.137. The lowest BCUT2D eigenvalue weighted by atomic mass is 9.85. The molecule has 2 N–H and O–H groups in total.